The molecule has 0 N–H and O–H groups in total. The molecule has 0 fully saturated rings. The third-order valence-electron chi connectivity index (χ3n) is 2.04. The van der Waals surface area contributed by atoms with Crippen LogP contribution in [-0.4, -0.2) is 50.5 Å². The molecule has 0 atom stereocenters. The monoisotopic (exact) mass is 387 g/mol. The average Bonchev–Trinajstić information content (AvgIpc) is 2.57. The predicted molar refractivity (Wildman–Crippen MR) is 88.1 cm³/mol. The largest absolute Gasteiger partial charge is 0.349 e. The summed E-state index contributed by atoms with van der Waals surface area (Å²) in [5, 5.41) is 0. The first kappa shape index (κ1) is 17.0. The molecule has 0 amide bonds. The molecule has 0 aliphatic rings. The third kappa shape index (κ3) is 5.92. The van der Waals surface area contributed by atoms with Gasteiger partial charge in [0.15, 0.2) is 5.96 Å². The predicted octanol–water partition coefficient (Wildman–Crippen LogP) is 3.04. The van der Waals surface area contributed by atoms with Crippen molar-refractivity contribution >= 4 is 52.9 Å². The van der Waals surface area contributed by atoms with Crippen LogP contribution in [-0.2, 0) is 6.42 Å². The molecular formula is C11H19ClIN3S. The van der Waals surface area contributed by atoms with Crippen molar-refractivity contribution in [1.82, 2.24) is 9.80 Å². The summed E-state index contributed by atoms with van der Waals surface area (Å²) in [7, 11) is 8.00. The Hall–Kier alpha value is -0.0100. The minimum atomic E-state index is 0. The Morgan fingerprint density at radius 1 is 1.24 bits per heavy atom. The first-order chi connectivity index (χ1) is 7.50. The molecule has 1 aromatic heterocycles. The lowest BCUT2D eigenvalue weighted by molar-refractivity contribution is 0.479. The first-order valence-electron chi connectivity index (χ1n) is 5.14. The van der Waals surface area contributed by atoms with Crippen molar-refractivity contribution in [3.05, 3.63) is 21.3 Å². The van der Waals surface area contributed by atoms with Gasteiger partial charge in [-0.3, -0.25) is 4.99 Å². The Morgan fingerprint density at radius 3 is 2.24 bits per heavy atom. The van der Waals surface area contributed by atoms with Crippen LogP contribution in [0.4, 0.5) is 0 Å². The molecule has 0 bridgehead atoms. The first-order valence-corrected chi connectivity index (χ1v) is 6.33. The number of nitrogens with zero attached hydrogens (tertiary/aromatic N) is 3. The van der Waals surface area contributed by atoms with Crippen LogP contribution < -0.4 is 0 Å². The van der Waals surface area contributed by atoms with Crippen LogP contribution in [0.15, 0.2) is 17.1 Å². The molecule has 0 aromatic carbocycles. The number of guanidine groups is 1. The van der Waals surface area contributed by atoms with Gasteiger partial charge in [-0.2, -0.15) is 0 Å². The molecule has 0 unspecified atom stereocenters. The standard InChI is InChI=1S/C11H18ClN3S.HI/c1-14(2)11(15(3)4)13-8-7-9-5-6-10(12)16-9;/h5-6H,7-8H2,1-4H3;1H. The molecule has 0 aliphatic carbocycles. The van der Waals surface area contributed by atoms with Gasteiger partial charge >= 0.3 is 0 Å². The fourth-order valence-electron chi connectivity index (χ4n) is 1.44. The maximum absolute atomic E-state index is 5.87. The molecule has 1 aromatic rings. The van der Waals surface area contributed by atoms with Crippen LogP contribution in [0.1, 0.15) is 4.88 Å². The van der Waals surface area contributed by atoms with Crippen molar-refractivity contribution in [2.75, 3.05) is 34.7 Å². The van der Waals surface area contributed by atoms with Gasteiger partial charge in [0.25, 0.3) is 0 Å². The van der Waals surface area contributed by atoms with E-state index in [2.05, 4.69) is 11.1 Å². The van der Waals surface area contributed by atoms with Crippen LogP contribution in [0.2, 0.25) is 4.34 Å². The summed E-state index contributed by atoms with van der Waals surface area (Å²) in [4.78, 5) is 9.87. The molecule has 0 radical (unpaired) electrons. The maximum Gasteiger partial charge on any atom is 0.195 e. The van der Waals surface area contributed by atoms with Crippen molar-refractivity contribution < 1.29 is 0 Å². The normalized spacial score (nSPS) is 9.47. The van der Waals surface area contributed by atoms with Crippen LogP contribution in [0.25, 0.3) is 0 Å². The average molecular weight is 388 g/mol. The van der Waals surface area contributed by atoms with Crippen LogP contribution in [0, 0.1) is 0 Å². The van der Waals surface area contributed by atoms with Crippen molar-refractivity contribution in [2.45, 2.75) is 6.42 Å². The molecule has 17 heavy (non-hydrogen) atoms. The summed E-state index contributed by atoms with van der Waals surface area (Å²) in [6.07, 6.45) is 0.947. The number of halogens is 2. The molecule has 6 heteroatoms. The van der Waals surface area contributed by atoms with E-state index in [4.69, 9.17) is 11.6 Å². The number of hydrogen-bond donors (Lipinski definition) is 0. The number of hydrogen-bond acceptors (Lipinski definition) is 2. The second-order valence-corrected chi connectivity index (χ2v) is 5.73. The zero-order valence-corrected chi connectivity index (χ0v) is 14.5. The van der Waals surface area contributed by atoms with Gasteiger partial charge in [0, 0.05) is 46.0 Å². The lowest BCUT2D eigenvalue weighted by Crippen LogP contribution is -2.35. The van der Waals surface area contributed by atoms with E-state index in [1.807, 2.05) is 44.1 Å². The Labute approximate surface area is 129 Å². The van der Waals surface area contributed by atoms with Gasteiger partial charge in [-0.15, -0.1) is 35.3 Å². The van der Waals surface area contributed by atoms with E-state index >= 15 is 0 Å². The SMILES string of the molecule is CN(C)C(=NCCc1ccc(Cl)s1)N(C)C.I. The fraction of sp³-hybridized carbons (Fsp3) is 0.545. The molecule has 1 rings (SSSR count). The number of rotatable bonds is 3. The van der Waals surface area contributed by atoms with Gasteiger partial charge in [-0.05, 0) is 12.1 Å². The molecule has 1 heterocycles. The van der Waals surface area contributed by atoms with Crippen LogP contribution in [0.3, 0.4) is 0 Å². The lowest BCUT2D eigenvalue weighted by atomic mass is 10.3. The second kappa shape index (κ2) is 8.16. The molecule has 0 saturated heterocycles. The summed E-state index contributed by atoms with van der Waals surface area (Å²) < 4.78 is 0.847. The van der Waals surface area contributed by atoms with E-state index in [1.54, 1.807) is 11.3 Å². The third-order valence-corrected chi connectivity index (χ3v) is 3.33. The van der Waals surface area contributed by atoms with Crippen molar-refractivity contribution in [1.29, 1.82) is 0 Å². The van der Waals surface area contributed by atoms with E-state index in [0.717, 1.165) is 23.3 Å². The zero-order valence-electron chi connectivity index (χ0n) is 10.6. The minimum absolute atomic E-state index is 0. The quantitative estimate of drug-likeness (QED) is 0.451. The Kier molecular flexibility index (Phi) is 8.15. The summed E-state index contributed by atoms with van der Waals surface area (Å²) in [5.41, 5.74) is 0. The van der Waals surface area contributed by atoms with Crippen LogP contribution in [0.5, 0.6) is 0 Å². The molecule has 0 aliphatic heterocycles. The summed E-state index contributed by atoms with van der Waals surface area (Å²) in [6, 6.07) is 4.00. The molecule has 98 valence electrons. The molecule has 0 saturated carbocycles. The summed E-state index contributed by atoms with van der Waals surface area (Å²) in [5.74, 6) is 0.989. The van der Waals surface area contributed by atoms with Crippen molar-refractivity contribution in [2.24, 2.45) is 4.99 Å². The molecular weight excluding hydrogens is 369 g/mol. The number of thiophene rings is 1. The highest BCUT2D eigenvalue weighted by Crippen LogP contribution is 2.21. The van der Waals surface area contributed by atoms with Gasteiger partial charge in [0.1, 0.15) is 0 Å². The Balaban J connectivity index is 0.00000256. The summed E-state index contributed by atoms with van der Waals surface area (Å²) in [6.45, 7) is 0.794. The van der Waals surface area contributed by atoms with E-state index in [0.29, 0.717) is 0 Å². The van der Waals surface area contributed by atoms with Crippen molar-refractivity contribution in [3.63, 3.8) is 0 Å². The molecule has 3 nitrogen and oxygen atoms in total. The van der Waals surface area contributed by atoms with Gasteiger partial charge < -0.3 is 9.80 Å². The number of aliphatic imine (C=N–C) groups is 1. The van der Waals surface area contributed by atoms with Crippen molar-refractivity contribution in [3.8, 4) is 0 Å². The second-order valence-electron chi connectivity index (χ2n) is 3.93. The van der Waals surface area contributed by atoms with Gasteiger partial charge in [0.2, 0.25) is 0 Å². The van der Waals surface area contributed by atoms with Gasteiger partial charge in [-0.1, -0.05) is 11.6 Å². The molecule has 0 spiro atoms. The van der Waals surface area contributed by atoms with Crippen LogP contribution >= 0.6 is 46.9 Å². The van der Waals surface area contributed by atoms with E-state index in [-0.39, 0.29) is 24.0 Å². The minimum Gasteiger partial charge on any atom is -0.349 e. The Bertz CT molecular complexity index is 353. The smallest absolute Gasteiger partial charge is 0.195 e. The lowest BCUT2D eigenvalue weighted by Gasteiger charge is -2.22. The topological polar surface area (TPSA) is 18.8 Å². The summed E-state index contributed by atoms with van der Waals surface area (Å²) >= 11 is 7.49. The van der Waals surface area contributed by atoms with Gasteiger partial charge in [-0.25, -0.2) is 0 Å². The highest BCUT2D eigenvalue weighted by molar-refractivity contribution is 14.0. The highest BCUT2D eigenvalue weighted by Gasteiger charge is 2.03. The zero-order chi connectivity index (χ0) is 12.1. The van der Waals surface area contributed by atoms with E-state index in [9.17, 15) is 0 Å². The maximum atomic E-state index is 5.87. The highest BCUT2D eigenvalue weighted by atomic mass is 127. The van der Waals surface area contributed by atoms with Gasteiger partial charge in [0.05, 0.1) is 4.34 Å². The van der Waals surface area contributed by atoms with E-state index < -0.39 is 0 Å². The fourth-order valence-corrected chi connectivity index (χ4v) is 2.51. The Morgan fingerprint density at radius 2 is 1.82 bits per heavy atom. The van der Waals surface area contributed by atoms with E-state index in [1.165, 1.54) is 4.88 Å².